The van der Waals surface area contributed by atoms with Crippen LogP contribution in [-0.4, -0.2) is 28.9 Å². The molecule has 13 heavy (non-hydrogen) atoms. The minimum Gasteiger partial charge on any atom is -0.449 e. The summed E-state index contributed by atoms with van der Waals surface area (Å²) in [5, 5.41) is 3.61. The van der Waals surface area contributed by atoms with Crippen LogP contribution >= 0.6 is 0 Å². The van der Waals surface area contributed by atoms with Crippen LogP contribution in [0.5, 0.6) is 0 Å². The first-order valence-corrected chi connectivity index (χ1v) is 3.77. The van der Waals surface area contributed by atoms with Crippen LogP contribution in [0.25, 0.3) is 0 Å². The maximum atomic E-state index is 10.7. The first-order chi connectivity index (χ1) is 6.33. The fourth-order valence-corrected chi connectivity index (χ4v) is 0.655. The van der Waals surface area contributed by atoms with Crippen molar-refractivity contribution in [3.63, 3.8) is 0 Å². The van der Waals surface area contributed by atoms with E-state index in [1.807, 2.05) is 0 Å². The molecule has 6 heteroatoms. The first-order valence-electron chi connectivity index (χ1n) is 3.77. The van der Waals surface area contributed by atoms with Crippen molar-refractivity contribution in [3.8, 4) is 0 Å². The number of imidazole rings is 1. The van der Waals surface area contributed by atoms with E-state index in [2.05, 4.69) is 25.2 Å². The Morgan fingerprint density at radius 1 is 1.92 bits per heavy atom. The molecule has 0 aliphatic carbocycles. The van der Waals surface area contributed by atoms with Crippen LogP contribution in [0.3, 0.4) is 0 Å². The molecule has 0 radical (unpaired) electrons. The van der Waals surface area contributed by atoms with Crippen LogP contribution in [0.15, 0.2) is 17.6 Å². The molecule has 0 unspecified atom stereocenters. The monoisotopic (exact) mass is 182 g/mol. The fourth-order valence-electron chi connectivity index (χ4n) is 0.655. The van der Waals surface area contributed by atoms with E-state index < -0.39 is 6.09 Å². The Labute approximate surface area is 75.0 Å². The van der Waals surface area contributed by atoms with Gasteiger partial charge in [-0.2, -0.15) is 5.10 Å². The lowest BCUT2D eigenvalue weighted by molar-refractivity contribution is 0.152. The van der Waals surface area contributed by atoms with Gasteiger partial charge in [0, 0.05) is 0 Å². The second-order valence-electron chi connectivity index (χ2n) is 2.10. The number of H-pyrrole nitrogens is 1. The Bertz CT molecular complexity index is 281. The van der Waals surface area contributed by atoms with Crippen LogP contribution in [0, 0.1) is 0 Å². The zero-order valence-corrected chi connectivity index (χ0v) is 7.15. The van der Waals surface area contributed by atoms with Crippen LogP contribution in [0.1, 0.15) is 12.6 Å². The average molecular weight is 182 g/mol. The predicted octanol–water partition coefficient (Wildman–Crippen LogP) is 0.490. The highest BCUT2D eigenvalue weighted by Gasteiger charge is 1.95. The van der Waals surface area contributed by atoms with E-state index in [1.165, 1.54) is 12.5 Å². The summed E-state index contributed by atoms with van der Waals surface area (Å²) in [5.74, 6) is 0. The van der Waals surface area contributed by atoms with Crippen LogP contribution < -0.4 is 5.43 Å². The lowest BCUT2D eigenvalue weighted by atomic mass is 10.5. The molecule has 0 atom stereocenters. The zero-order valence-electron chi connectivity index (χ0n) is 7.15. The minimum atomic E-state index is -0.571. The highest BCUT2D eigenvalue weighted by molar-refractivity contribution is 5.78. The summed E-state index contributed by atoms with van der Waals surface area (Å²) < 4.78 is 4.57. The molecule has 0 saturated carbocycles. The summed E-state index contributed by atoms with van der Waals surface area (Å²) >= 11 is 0. The molecule has 0 aliphatic rings. The minimum absolute atomic E-state index is 0.325. The van der Waals surface area contributed by atoms with Gasteiger partial charge in [0.2, 0.25) is 0 Å². The number of carbonyl (C=O) groups is 1. The summed E-state index contributed by atoms with van der Waals surface area (Å²) in [5.41, 5.74) is 2.89. The van der Waals surface area contributed by atoms with Gasteiger partial charge in [-0.1, -0.05) is 0 Å². The van der Waals surface area contributed by atoms with Crippen molar-refractivity contribution < 1.29 is 9.53 Å². The normalized spacial score (nSPS) is 10.2. The van der Waals surface area contributed by atoms with Gasteiger partial charge in [0.05, 0.1) is 31.0 Å². The lowest BCUT2D eigenvalue weighted by Crippen LogP contribution is -2.18. The molecule has 0 aromatic carbocycles. The second-order valence-corrected chi connectivity index (χ2v) is 2.10. The summed E-state index contributed by atoms with van der Waals surface area (Å²) in [6, 6.07) is 0. The van der Waals surface area contributed by atoms with E-state index >= 15 is 0 Å². The number of carbonyl (C=O) groups excluding carboxylic acids is 1. The first kappa shape index (κ1) is 9.24. The molecule has 1 aromatic heterocycles. The van der Waals surface area contributed by atoms with Crippen molar-refractivity contribution in [2.75, 3.05) is 6.61 Å². The van der Waals surface area contributed by atoms with Gasteiger partial charge in [0.25, 0.3) is 0 Å². The topological polar surface area (TPSA) is 79.4 Å². The third-order valence-corrected chi connectivity index (χ3v) is 1.15. The molecule has 0 fully saturated rings. The predicted molar refractivity (Wildman–Crippen MR) is 46.3 cm³/mol. The van der Waals surface area contributed by atoms with Crippen LogP contribution in [0.4, 0.5) is 4.79 Å². The van der Waals surface area contributed by atoms with Crippen molar-refractivity contribution in [3.05, 3.63) is 18.2 Å². The van der Waals surface area contributed by atoms with Crippen molar-refractivity contribution in [1.29, 1.82) is 0 Å². The van der Waals surface area contributed by atoms with Crippen molar-refractivity contribution in [1.82, 2.24) is 15.4 Å². The number of hydrogen-bond donors (Lipinski definition) is 2. The molecule has 1 heterocycles. The van der Waals surface area contributed by atoms with Gasteiger partial charge < -0.3 is 9.72 Å². The molecular formula is C7H10N4O2. The number of aromatic amines is 1. The van der Waals surface area contributed by atoms with Crippen molar-refractivity contribution >= 4 is 12.3 Å². The fraction of sp³-hybridized carbons (Fsp3) is 0.286. The smallest absolute Gasteiger partial charge is 0.427 e. The quantitative estimate of drug-likeness (QED) is 0.527. The van der Waals surface area contributed by atoms with Crippen molar-refractivity contribution in [2.45, 2.75) is 6.92 Å². The van der Waals surface area contributed by atoms with Gasteiger partial charge in [-0.05, 0) is 6.92 Å². The van der Waals surface area contributed by atoms with Gasteiger partial charge in [-0.25, -0.2) is 15.2 Å². The van der Waals surface area contributed by atoms with Crippen LogP contribution in [-0.2, 0) is 4.74 Å². The number of rotatable bonds is 3. The third kappa shape index (κ3) is 3.37. The van der Waals surface area contributed by atoms with Gasteiger partial charge >= 0.3 is 6.09 Å². The highest BCUT2D eigenvalue weighted by atomic mass is 16.5. The lowest BCUT2D eigenvalue weighted by Gasteiger charge is -1.97. The summed E-state index contributed by atoms with van der Waals surface area (Å²) in [4.78, 5) is 17.3. The SMILES string of the molecule is CCOC(=O)N/N=C/c1cnc[nH]1. The van der Waals surface area contributed by atoms with E-state index in [1.54, 1.807) is 13.1 Å². The van der Waals surface area contributed by atoms with Gasteiger partial charge in [-0.15, -0.1) is 0 Å². The van der Waals surface area contributed by atoms with E-state index in [0.29, 0.717) is 12.3 Å². The summed E-state index contributed by atoms with van der Waals surface area (Å²) in [6.07, 6.45) is 3.96. The molecule has 2 N–H and O–H groups in total. The number of ether oxygens (including phenoxy) is 1. The van der Waals surface area contributed by atoms with Gasteiger partial charge in [0.15, 0.2) is 0 Å². The molecular weight excluding hydrogens is 172 g/mol. The van der Waals surface area contributed by atoms with E-state index in [-0.39, 0.29) is 0 Å². The Balaban J connectivity index is 2.30. The third-order valence-electron chi connectivity index (χ3n) is 1.15. The molecule has 0 aliphatic heterocycles. The number of nitrogens with one attached hydrogen (secondary N) is 2. The number of amides is 1. The molecule has 0 spiro atoms. The maximum absolute atomic E-state index is 10.7. The van der Waals surface area contributed by atoms with E-state index in [0.717, 1.165) is 0 Å². The second kappa shape index (κ2) is 4.91. The highest BCUT2D eigenvalue weighted by Crippen LogP contribution is 1.83. The average Bonchev–Trinajstić information content (AvgIpc) is 2.57. The number of hydrogen-bond acceptors (Lipinski definition) is 4. The summed E-state index contributed by atoms with van der Waals surface area (Å²) in [6.45, 7) is 2.05. The van der Waals surface area contributed by atoms with Gasteiger partial charge in [0.1, 0.15) is 0 Å². The van der Waals surface area contributed by atoms with E-state index in [4.69, 9.17) is 0 Å². The molecule has 6 nitrogen and oxygen atoms in total. The Kier molecular flexibility index (Phi) is 3.49. The van der Waals surface area contributed by atoms with E-state index in [9.17, 15) is 4.79 Å². The maximum Gasteiger partial charge on any atom is 0.427 e. The van der Waals surface area contributed by atoms with Crippen molar-refractivity contribution in [2.24, 2.45) is 5.10 Å². The van der Waals surface area contributed by atoms with Gasteiger partial charge in [-0.3, -0.25) is 0 Å². The molecule has 1 amide bonds. The number of nitrogens with zero attached hydrogens (tertiary/aromatic N) is 2. The Hall–Kier alpha value is -1.85. The molecule has 1 aromatic rings. The largest absolute Gasteiger partial charge is 0.449 e. The van der Waals surface area contributed by atoms with Crippen LogP contribution in [0.2, 0.25) is 0 Å². The number of hydrazone groups is 1. The Morgan fingerprint density at radius 3 is 3.38 bits per heavy atom. The molecule has 0 bridgehead atoms. The Morgan fingerprint density at radius 2 is 2.77 bits per heavy atom. The molecule has 0 saturated heterocycles. The molecule has 1 rings (SSSR count). The standard InChI is InChI=1S/C7H10N4O2/c1-2-13-7(12)11-10-4-6-3-8-5-9-6/h3-5H,2H2,1H3,(H,8,9)(H,11,12)/b10-4+. The number of aromatic nitrogens is 2. The zero-order chi connectivity index (χ0) is 9.52. The molecule has 70 valence electrons. The summed E-state index contributed by atoms with van der Waals surface area (Å²) in [7, 11) is 0.